The van der Waals surface area contributed by atoms with Crippen molar-refractivity contribution in [3.8, 4) is 0 Å². The lowest BCUT2D eigenvalue weighted by Gasteiger charge is -2.14. The Labute approximate surface area is 164 Å². The zero-order valence-electron chi connectivity index (χ0n) is 16.3. The molecule has 0 atom stereocenters. The summed E-state index contributed by atoms with van der Waals surface area (Å²) in [5.41, 5.74) is 3.59. The van der Waals surface area contributed by atoms with Gasteiger partial charge in [0.05, 0.1) is 24.5 Å². The maximum atomic E-state index is 12.6. The predicted molar refractivity (Wildman–Crippen MR) is 104 cm³/mol. The number of aromatic amines is 1. The molecule has 0 saturated heterocycles. The molecule has 1 fully saturated rings. The summed E-state index contributed by atoms with van der Waals surface area (Å²) in [5, 5.41) is 11.3. The lowest BCUT2D eigenvalue weighted by molar-refractivity contribution is 0.0773. The molecule has 0 spiro atoms. The number of rotatable bonds is 8. The van der Waals surface area contributed by atoms with Crippen LogP contribution >= 0.6 is 0 Å². The van der Waals surface area contributed by atoms with Crippen molar-refractivity contribution >= 4 is 5.91 Å². The Kier molecular flexibility index (Phi) is 5.25. The van der Waals surface area contributed by atoms with Gasteiger partial charge in [0.25, 0.3) is 5.91 Å². The third kappa shape index (κ3) is 4.48. The van der Waals surface area contributed by atoms with Gasteiger partial charge in [0, 0.05) is 25.6 Å². The van der Waals surface area contributed by atoms with E-state index in [0.29, 0.717) is 30.5 Å². The highest BCUT2D eigenvalue weighted by Gasteiger charge is 2.26. The predicted octanol–water partition coefficient (Wildman–Crippen LogP) is 3.18. The summed E-state index contributed by atoms with van der Waals surface area (Å²) in [5.74, 6) is 1.10. The van der Waals surface area contributed by atoms with Gasteiger partial charge in [0.2, 0.25) is 0 Å². The van der Waals surface area contributed by atoms with Crippen LogP contribution in [-0.2, 0) is 19.6 Å². The molecule has 0 bridgehead atoms. The molecule has 0 unspecified atom stereocenters. The van der Waals surface area contributed by atoms with Gasteiger partial charge < -0.3 is 9.42 Å². The standard InChI is InChI=1S/C21H25N5O2/c1-25(12-15-6-4-3-5-7-15)14-18-11-20(24-28-18)21(27)26(2)13-17-10-19(23-22-17)16-8-9-16/h3-7,10-11,16H,8-9,12-14H2,1-2H3,(H,22,23). The fraction of sp³-hybridized carbons (Fsp3) is 0.381. The SMILES string of the molecule is CN(Cc1ccccc1)Cc1cc(C(=O)N(C)Cc2cc(C3CC3)n[nH]2)no1. The van der Waals surface area contributed by atoms with Crippen molar-refractivity contribution in [1.82, 2.24) is 25.2 Å². The summed E-state index contributed by atoms with van der Waals surface area (Å²) >= 11 is 0. The first-order valence-corrected chi connectivity index (χ1v) is 9.56. The number of amides is 1. The minimum atomic E-state index is -0.164. The smallest absolute Gasteiger partial charge is 0.276 e. The van der Waals surface area contributed by atoms with Crippen molar-refractivity contribution < 1.29 is 9.32 Å². The van der Waals surface area contributed by atoms with Crippen molar-refractivity contribution in [2.45, 2.75) is 38.4 Å². The van der Waals surface area contributed by atoms with Crippen LogP contribution in [0.3, 0.4) is 0 Å². The Morgan fingerprint density at radius 2 is 1.93 bits per heavy atom. The molecule has 7 nitrogen and oxygen atoms in total. The third-order valence-electron chi connectivity index (χ3n) is 4.90. The normalized spacial score (nSPS) is 13.8. The Balaban J connectivity index is 1.32. The average Bonchev–Trinajstić information content (AvgIpc) is 3.26. The third-order valence-corrected chi connectivity index (χ3v) is 4.90. The van der Waals surface area contributed by atoms with E-state index < -0.39 is 0 Å². The number of benzene rings is 1. The van der Waals surface area contributed by atoms with Gasteiger partial charge in [-0.2, -0.15) is 5.10 Å². The van der Waals surface area contributed by atoms with Gasteiger partial charge in [-0.1, -0.05) is 35.5 Å². The minimum absolute atomic E-state index is 0.164. The second kappa shape index (κ2) is 7.98. The van der Waals surface area contributed by atoms with Crippen LogP contribution in [0.1, 0.15) is 52.0 Å². The summed E-state index contributed by atoms with van der Waals surface area (Å²) in [6, 6.07) is 14.0. The fourth-order valence-electron chi connectivity index (χ4n) is 3.28. The second-order valence-electron chi connectivity index (χ2n) is 7.59. The molecule has 1 amide bonds. The highest BCUT2D eigenvalue weighted by Crippen LogP contribution is 2.39. The minimum Gasteiger partial charge on any atom is -0.359 e. The summed E-state index contributed by atoms with van der Waals surface area (Å²) in [6.45, 7) is 1.85. The van der Waals surface area contributed by atoms with E-state index in [1.165, 1.54) is 18.4 Å². The van der Waals surface area contributed by atoms with E-state index in [-0.39, 0.29) is 5.91 Å². The molecule has 2 heterocycles. The van der Waals surface area contributed by atoms with Gasteiger partial charge in [-0.25, -0.2) is 0 Å². The van der Waals surface area contributed by atoms with Crippen molar-refractivity contribution in [1.29, 1.82) is 0 Å². The molecule has 4 rings (SSSR count). The van der Waals surface area contributed by atoms with Gasteiger partial charge in [-0.3, -0.25) is 14.8 Å². The highest BCUT2D eigenvalue weighted by molar-refractivity contribution is 5.92. The van der Waals surface area contributed by atoms with Crippen molar-refractivity contribution in [3.63, 3.8) is 0 Å². The van der Waals surface area contributed by atoms with Crippen LogP contribution in [0.25, 0.3) is 0 Å². The molecule has 1 aromatic carbocycles. The van der Waals surface area contributed by atoms with Gasteiger partial charge >= 0.3 is 0 Å². The fourth-order valence-corrected chi connectivity index (χ4v) is 3.28. The lowest BCUT2D eigenvalue weighted by Crippen LogP contribution is -2.26. The van der Waals surface area contributed by atoms with Crippen molar-refractivity contribution in [3.05, 3.63) is 70.9 Å². The largest absolute Gasteiger partial charge is 0.359 e. The van der Waals surface area contributed by atoms with Crippen LogP contribution < -0.4 is 0 Å². The molecular weight excluding hydrogens is 354 g/mol. The number of nitrogens with one attached hydrogen (secondary N) is 1. The average molecular weight is 379 g/mol. The Morgan fingerprint density at radius 1 is 1.14 bits per heavy atom. The first-order valence-electron chi connectivity index (χ1n) is 9.56. The molecule has 0 aliphatic heterocycles. The monoisotopic (exact) mass is 379 g/mol. The van der Waals surface area contributed by atoms with E-state index in [1.807, 2.05) is 31.3 Å². The van der Waals surface area contributed by atoms with E-state index in [0.717, 1.165) is 17.9 Å². The molecule has 0 radical (unpaired) electrons. The summed E-state index contributed by atoms with van der Waals surface area (Å²) in [4.78, 5) is 16.4. The first-order chi connectivity index (χ1) is 13.6. The topological polar surface area (TPSA) is 78.3 Å². The molecule has 1 saturated carbocycles. The number of hydrogen-bond donors (Lipinski definition) is 1. The van der Waals surface area contributed by atoms with Crippen molar-refractivity contribution in [2.75, 3.05) is 14.1 Å². The lowest BCUT2D eigenvalue weighted by atomic mass is 10.2. The number of H-pyrrole nitrogens is 1. The van der Waals surface area contributed by atoms with E-state index in [9.17, 15) is 4.79 Å². The maximum Gasteiger partial charge on any atom is 0.276 e. The van der Waals surface area contributed by atoms with Crippen molar-refractivity contribution in [2.24, 2.45) is 0 Å². The molecule has 146 valence electrons. The first kappa shape index (κ1) is 18.4. The van der Waals surface area contributed by atoms with Gasteiger partial charge in [-0.15, -0.1) is 0 Å². The summed E-state index contributed by atoms with van der Waals surface area (Å²) in [7, 11) is 3.77. The number of hydrogen-bond acceptors (Lipinski definition) is 5. The molecule has 1 N–H and O–H groups in total. The van der Waals surface area contributed by atoms with Crippen LogP contribution in [0.4, 0.5) is 0 Å². The highest BCUT2D eigenvalue weighted by atomic mass is 16.5. The molecule has 7 heteroatoms. The summed E-state index contributed by atoms with van der Waals surface area (Å²) < 4.78 is 5.38. The van der Waals surface area contributed by atoms with Gasteiger partial charge in [0.1, 0.15) is 0 Å². The molecular formula is C21H25N5O2. The van der Waals surface area contributed by atoms with E-state index in [1.54, 1.807) is 18.0 Å². The summed E-state index contributed by atoms with van der Waals surface area (Å²) in [6.07, 6.45) is 2.42. The molecule has 3 aromatic rings. The van der Waals surface area contributed by atoms with E-state index >= 15 is 0 Å². The Hall–Kier alpha value is -2.93. The van der Waals surface area contributed by atoms with Gasteiger partial charge in [0.15, 0.2) is 11.5 Å². The number of carbonyl (C=O) groups is 1. The van der Waals surface area contributed by atoms with Crippen LogP contribution in [0.2, 0.25) is 0 Å². The zero-order chi connectivity index (χ0) is 19.5. The molecule has 28 heavy (non-hydrogen) atoms. The number of aromatic nitrogens is 3. The number of nitrogens with zero attached hydrogens (tertiary/aromatic N) is 4. The molecule has 1 aliphatic carbocycles. The van der Waals surface area contributed by atoms with Crippen LogP contribution in [0.15, 0.2) is 47.0 Å². The van der Waals surface area contributed by atoms with Crippen LogP contribution in [0.5, 0.6) is 0 Å². The van der Waals surface area contributed by atoms with Crippen LogP contribution in [-0.4, -0.2) is 45.2 Å². The maximum absolute atomic E-state index is 12.6. The molecule has 1 aliphatic rings. The second-order valence-corrected chi connectivity index (χ2v) is 7.59. The Bertz CT molecular complexity index is 929. The molecule has 2 aromatic heterocycles. The number of carbonyl (C=O) groups excluding carboxylic acids is 1. The van der Waals surface area contributed by atoms with Gasteiger partial charge in [-0.05, 0) is 31.5 Å². The zero-order valence-corrected chi connectivity index (χ0v) is 16.3. The van der Waals surface area contributed by atoms with E-state index in [2.05, 4.69) is 32.4 Å². The Morgan fingerprint density at radius 3 is 2.68 bits per heavy atom. The van der Waals surface area contributed by atoms with E-state index in [4.69, 9.17) is 4.52 Å². The quantitative estimate of drug-likeness (QED) is 0.650. The van der Waals surface area contributed by atoms with Crippen LogP contribution in [0, 0.1) is 0 Å².